The lowest BCUT2D eigenvalue weighted by molar-refractivity contribution is 0.431. The molecule has 0 amide bonds. The highest BCUT2D eigenvalue weighted by atomic mass is 14.1. The molecule has 0 spiro atoms. The molecule has 0 aromatic carbocycles. The first-order valence-corrected chi connectivity index (χ1v) is 3.91. The highest BCUT2D eigenvalue weighted by Crippen LogP contribution is 2.14. The normalized spacial score (nSPS) is 12.5. The predicted octanol–water partition coefficient (Wildman–Crippen LogP) is 2.90. The van der Waals surface area contributed by atoms with Gasteiger partial charge < -0.3 is 0 Å². The minimum atomic E-state index is 0.554. The smallest absolute Gasteiger partial charge is 0.00912 e. The van der Waals surface area contributed by atoms with Gasteiger partial charge in [-0.1, -0.05) is 20.8 Å². The Morgan fingerprint density at radius 3 is 2.40 bits per heavy atom. The second-order valence-electron chi connectivity index (χ2n) is 2.92. The maximum absolute atomic E-state index is 3.97. The van der Waals surface area contributed by atoms with E-state index in [0.717, 1.165) is 6.42 Å². The summed E-state index contributed by atoms with van der Waals surface area (Å²) in [6.07, 6.45) is 2.21. The monoisotopic (exact) mass is 137 g/mol. The summed E-state index contributed by atoms with van der Waals surface area (Å²) in [5.74, 6) is 7.21. The Labute approximate surface area is 65.0 Å². The van der Waals surface area contributed by atoms with Crippen molar-refractivity contribution in [3.05, 3.63) is 6.92 Å². The van der Waals surface area contributed by atoms with Crippen LogP contribution in [0.5, 0.6) is 0 Å². The molecule has 0 N–H and O–H groups in total. The van der Waals surface area contributed by atoms with Crippen LogP contribution >= 0.6 is 0 Å². The number of hydrogen-bond donors (Lipinski definition) is 0. The Balaban J connectivity index is 3.36. The van der Waals surface area contributed by atoms with E-state index in [1.165, 1.54) is 6.42 Å². The van der Waals surface area contributed by atoms with E-state index in [1.54, 1.807) is 0 Å². The fourth-order valence-electron chi connectivity index (χ4n) is 0.709. The van der Waals surface area contributed by atoms with E-state index in [2.05, 4.69) is 32.6 Å². The molecule has 0 bridgehead atoms. The van der Waals surface area contributed by atoms with Crippen molar-refractivity contribution in [2.75, 3.05) is 0 Å². The molecule has 2 atom stereocenters. The van der Waals surface area contributed by atoms with Crippen LogP contribution in [0.25, 0.3) is 0 Å². The van der Waals surface area contributed by atoms with Crippen molar-refractivity contribution in [2.45, 2.75) is 33.6 Å². The summed E-state index contributed by atoms with van der Waals surface area (Å²) in [6, 6.07) is 0. The topological polar surface area (TPSA) is 0 Å². The molecule has 0 aliphatic heterocycles. The molecule has 0 fully saturated rings. The molecule has 10 heavy (non-hydrogen) atoms. The van der Waals surface area contributed by atoms with Gasteiger partial charge in [0.15, 0.2) is 0 Å². The van der Waals surface area contributed by atoms with Crippen molar-refractivity contribution in [1.82, 2.24) is 0 Å². The minimum Gasteiger partial charge on any atom is -0.107 e. The van der Waals surface area contributed by atoms with E-state index in [-0.39, 0.29) is 0 Å². The molecule has 0 heterocycles. The van der Waals surface area contributed by atoms with E-state index in [9.17, 15) is 0 Å². The molecular weight excluding hydrogens is 120 g/mol. The maximum atomic E-state index is 3.97. The van der Waals surface area contributed by atoms with Crippen molar-refractivity contribution in [2.24, 2.45) is 11.8 Å². The van der Waals surface area contributed by atoms with Crippen molar-refractivity contribution in [3.8, 4) is 11.8 Å². The van der Waals surface area contributed by atoms with Gasteiger partial charge in [0.2, 0.25) is 0 Å². The highest BCUT2D eigenvalue weighted by Gasteiger charge is 2.04. The second kappa shape index (κ2) is 5.35. The first kappa shape index (κ1) is 9.56. The van der Waals surface area contributed by atoms with Crippen LogP contribution in [0.15, 0.2) is 0 Å². The molecule has 2 unspecified atom stereocenters. The van der Waals surface area contributed by atoms with Crippen molar-refractivity contribution in [1.29, 1.82) is 0 Å². The molecule has 0 aliphatic carbocycles. The third kappa shape index (κ3) is 4.44. The van der Waals surface area contributed by atoms with E-state index in [1.807, 2.05) is 6.92 Å². The number of rotatable bonds is 3. The van der Waals surface area contributed by atoms with Crippen molar-refractivity contribution in [3.63, 3.8) is 0 Å². The first-order chi connectivity index (χ1) is 4.68. The van der Waals surface area contributed by atoms with Gasteiger partial charge in [0, 0.05) is 6.42 Å². The van der Waals surface area contributed by atoms with Gasteiger partial charge in [0.1, 0.15) is 0 Å². The molecule has 1 radical (unpaired) electrons. The zero-order valence-corrected chi connectivity index (χ0v) is 7.28. The van der Waals surface area contributed by atoms with Crippen LogP contribution in [0, 0.1) is 30.6 Å². The molecule has 0 saturated carbocycles. The van der Waals surface area contributed by atoms with E-state index in [0.29, 0.717) is 11.8 Å². The fourth-order valence-corrected chi connectivity index (χ4v) is 0.709. The summed E-state index contributed by atoms with van der Waals surface area (Å²) < 4.78 is 0. The van der Waals surface area contributed by atoms with E-state index < -0.39 is 0 Å². The Kier molecular flexibility index (Phi) is 5.12. The zero-order chi connectivity index (χ0) is 7.98. The largest absolute Gasteiger partial charge is 0.107 e. The van der Waals surface area contributed by atoms with Gasteiger partial charge in [-0.05, 0) is 25.2 Å². The minimum absolute atomic E-state index is 0.554. The lowest BCUT2D eigenvalue weighted by Gasteiger charge is -2.12. The number of hydrogen-bond acceptors (Lipinski definition) is 0. The first-order valence-electron chi connectivity index (χ1n) is 3.91. The maximum Gasteiger partial charge on any atom is 0.00912 e. The summed E-state index contributed by atoms with van der Waals surface area (Å²) >= 11 is 0. The summed E-state index contributed by atoms with van der Waals surface area (Å²) in [4.78, 5) is 0. The molecule has 0 saturated heterocycles. The Bertz CT molecular complexity index is 123. The van der Waals surface area contributed by atoms with E-state index in [4.69, 9.17) is 0 Å². The second-order valence-corrected chi connectivity index (χ2v) is 2.92. The van der Waals surface area contributed by atoms with Gasteiger partial charge in [0.05, 0.1) is 0 Å². The molecular formula is C10H17. The summed E-state index contributed by atoms with van der Waals surface area (Å²) in [5.41, 5.74) is 0. The molecule has 0 nitrogen and oxygen atoms in total. The molecule has 57 valence electrons. The molecule has 0 aliphatic rings. The van der Waals surface area contributed by atoms with Crippen LogP contribution < -0.4 is 0 Å². The third-order valence-corrected chi connectivity index (χ3v) is 1.87. The SMILES string of the molecule is [CH2]C(C)C(C)CCC#CC. The standard InChI is InChI=1S/C10H17/c1-5-6-7-8-10(4)9(2)3/h9-10H,2,7-8H2,1,3-4H3. The predicted molar refractivity (Wildman–Crippen MR) is 46.4 cm³/mol. The van der Waals surface area contributed by atoms with Gasteiger partial charge in [0.25, 0.3) is 0 Å². The average Bonchev–Trinajstić information content (AvgIpc) is 1.88. The van der Waals surface area contributed by atoms with Gasteiger partial charge in [-0.25, -0.2) is 0 Å². The van der Waals surface area contributed by atoms with Crippen LogP contribution in [0.1, 0.15) is 33.6 Å². The van der Waals surface area contributed by atoms with Gasteiger partial charge >= 0.3 is 0 Å². The Morgan fingerprint density at radius 2 is 2.00 bits per heavy atom. The third-order valence-electron chi connectivity index (χ3n) is 1.87. The Hall–Kier alpha value is -0.440. The lowest BCUT2D eigenvalue weighted by atomic mass is 9.93. The van der Waals surface area contributed by atoms with Gasteiger partial charge in [-0.3, -0.25) is 0 Å². The summed E-state index contributed by atoms with van der Waals surface area (Å²) in [5, 5.41) is 0. The molecule has 0 rings (SSSR count). The summed E-state index contributed by atoms with van der Waals surface area (Å²) in [6.45, 7) is 10.2. The van der Waals surface area contributed by atoms with Gasteiger partial charge in [-0.2, -0.15) is 0 Å². The van der Waals surface area contributed by atoms with Crippen LogP contribution in [0.2, 0.25) is 0 Å². The highest BCUT2D eigenvalue weighted by molar-refractivity contribution is 4.94. The zero-order valence-electron chi connectivity index (χ0n) is 7.28. The Morgan fingerprint density at radius 1 is 1.40 bits per heavy atom. The van der Waals surface area contributed by atoms with Crippen LogP contribution in [0.4, 0.5) is 0 Å². The van der Waals surface area contributed by atoms with Crippen LogP contribution in [0.3, 0.4) is 0 Å². The van der Waals surface area contributed by atoms with Crippen LogP contribution in [-0.2, 0) is 0 Å². The van der Waals surface area contributed by atoms with Gasteiger partial charge in [-0.15, -0.1) is 11.8 Å². The van der Waals surface area contributed by atoms with Crippen molar-refractivity contribution >= 4 is 0 Å². The fraction of sp³-hybridized carbons (Fsp3) is 0.700. The molecule has 0 heteroatoms. The quantitative estimate of drug-likeness (QED) is 0.525. The van der Waals surface area contributed by atoms with Crippen molar-refractivity contribution < 1.29 is 0 Å². The van der Waals surface area contributed by atoms with E-state index >= 15 is 0 Å². The average molecular weight is 137 g/mol. The summed E-state index contributed by atoms with van der Waals surface area (Å²) in [7, 11) is 0. The molecule has 0 aromatic heterocycles. The molecule has 0 aromatic rings. The van der Waals surface area contributed by atoms with Crippen LogP contribution in [-0.4, -0.2) is 0 Å². The lowest BCUT2D eigenvalue weighted by Crippen LogP contribution is -2.02.